The smallest absolute Gasteiger partial charge is 0.122 e. The van der Waals surface area contributed by atoms with E-state index in [-0.39, 0.29) is 6.04 Å². The van der Waals surface area contributed by atoms with Crippen molar-refractivity contribution in [2.75, 3.05) is 19.1 Å². The van der Waals surface area contributed by atoms with Crippen LogP contribution in [-0.4, -0.2) is 19.1 Å². The van der Waals surface area contributed by atoms with Crippen LogP contribution in [0.3, 0.4) is 0 Å². The highest BCUT2D eigenvalue weighted by molar-refractivity contribution is 7.98. The first-order valence-corrected chi connectivity index (χ1v) is 7.83. The number of thioether (sulfide) groups is 1. The van der Waals surface area contributed by atoms with Crippen molar-refractivity contribution in [3.63, 3.8) is 0 Å². The molecular formula is C15H25NOS. The van der Waals surface area contributed by atoms with E-state index in [1.807, 2.05) is 11.8 Å². The fourth-order valence-corrected chi connectivity index (χ4v) is 2.63. The molecule has 1 unspecified atom stereocenters. The lowest BCUT2D eigenvalue weighted by Crippen LogP contribution is -2.13. The van der Waals surface area contributed by atoms with Gasteiger partial charge in [0.25, 0.3) is 0 Å². The number of methoxy groups -OCH3 is 1. The fraction of sp³-hybridized carbons (Fsp3) is 0.600. The van der Waals surface area contributed by atoms with Crippen molar-refractivity contribution in [1.82, 2.24) is 0 Å². The maximum Gasteiger partial charge on any atom is 0.122 e. The predicted octanol–water partition coefficient (Wildman–Crippen LogP) is 3.88. The SMILES string of the molecule is COc1cc(C)c(C(N)CCSC)cc1C(C)C. The van der Waals surface area contributed by atoms with Crippen LogP contribution in [-0.2, 0) is 0 Å². The minimum atomic E-state index is 0.126. The standard InChI is InChI=1S/C15H25NOS/c1-10(2)12-9-13(14(16)6-7-18-5)11(3)8-15(12)17-4/h8-10,14H,6-7,16H2,1-5H3. The molecule has 0 aliphatic carbocycles. The molecule has 0 heterocycles. The van der Waals surface area contributed by atoms with Gasteiger partial charge in [0.2, 0.25) is 0 Å². The molecule has 0 saturated heterocycles. The Morgan fingerprint density at radius 3 is 2.44 bits per heavy atom. The predicted molar refractivity (Wildman–Crippen MR) is 81.7 cm³/mol. The van der Waals surface area contributed by atoms with Gasteiger partial charge in [-0.1, -0.05) is 19.9 Å². The van der Waals surface area contributed by atoms with Crippen molar-refractivity contribution in [2.24, 2.45) is 5.73 Å². The fourth-order valence-electron chi connectivity index (χ4n) is 2.14. The van der Waals surface area contributed by atoms with Crippen LogP contribution in [0.1, 0.15) is 48.9 Å². The first kappa shape index (κ1) is 15.4. The van der Waals surface area contributed by atoms with Gasteiger partial charge in [0.05, 0.1) is 7.11 Å². The molecule has 0 fully saturated rings. The Kier molecular flexibility index (Phi) is 6.03. The minimum absolute atomic E-state index is 0.126. The molecule has 0 amide bonds. The molecule has 2 nitrogen and oxygen atoms in total. The van der Waals surface area contributed by atoms with E-state index < -0.39 is 0 Å². The Balaban J connectivity index is 3.08. The van der Waals surface area contributed by atoms with Crippen LogP contribution in [0.15, 0.2) is 12.1 Å². The summed E-state index contributed by atoms with van der Waals surface area (Å²) in [6, 6.07) is 4.47. The Morgan fingerprint density at radius 1 is 1.28 bits per heavy atom. The quantitative estimate of drug-likeness (QED) is 0.849. The molecule has 1 atom stereocenters. The van der Waals surface area contributed by atoms with E-state index in [1.54, 1.807) is 7.11 Å². The number of benzene rings is 1. The van der Waals surface area contributed by atoms with Gasteiger partial charge in [-0.15, -0.1) is 0 Å². The van der Waals surface area contributed by atoms with Gasteiger partial charge in [0.1, 0.15) is 5.75 Å². The highest BCUT2D eigenvalue weighted by Gasteiger charge is 2.15. The molecule has 0 saturated carbocycles. The first-order valence-electron chi connectivity index (χ1n) is 6.44. The summed E-state index contributed by atoms with van der Waals surface area (Å²) in [5.74, 6) is 2.53. The van der Waals surface area contributed by atoms with Crippen molar-refractivity contribution in [3.05, 3.63) is 28.8 Å². The molecule has 1 aromatic carbocycles. The molecule has 1 rings (SSSR count). The second-order valence-electron chi connectivity index (χ2n) is 4.99. The first-order chi connectivity index (χ1) is 8.51. The maximum absolute atomic E-state index is 6.29. The van der Waals surface area contributed by atoms with E-state index in [9.17, 15) is 0 Å². The van der Waals surface area contributed by atoms with E-state index in [2.05, 4.69) is 39.2 Å². The highest BCUT2D eigenvalue weighted by Crippen LogP contribution is 2.32. The van der Waals surface area contributed by atoms with Crippen LogP contribution < -0.4 is 10.5 Å². The van der Waals surface area contributed by atoms with Crippen LogP contribution in [0, 0.1) is 6.92 Å². The van der Waals surface area contributed by atoms with E-state index >= 15 is 0 Å². The normalized spacial score (nSPS) is 12.8. The number of hydrogen-bond acceptors (Lipinski definition) is 3. The summed E-state index contributed by atoms with van der Waals surface area (Å²) in [4.78, 5) is 0. The lowest BCUT2D eigenvalue weighted by Gasteiger charge is -2.19. The molecule has 18 heavy (non-hydrogen) atoms. The van der Waals surface area contributed by atoms with Crippen molar-refractivity contribution in [1.29, 1.82) is 0 Å². The Bertz CT molecular complexity index is 390. The lowest BCUT2D eigenvalue weighted by molar-refractivity contribution is 0.406. The van der Waals surface area contributed by atoms with Crippen LogP contribution in [0.25, 0.3) is 0 Å². The maximum atomic E-state index is 6.29. The third-order valence-electron chi connectivity index (χ3n) is 3.27. The van der Waals surface area contributed by atoms with E-state index in [1.165, 1.54) is 16.7 Å². The van der Waals surface area contributed by atoms with Gasteiger partial charge in [-0.3, -0.25) is 0 Å². The summed E-state index contributed by atoms with van der Waals surface area (Å²) in [6.45, 7) is 6.48. The van der Waals surface area contributed by atoms with Gasteiger partial charge in [0.15, 0.2) is 0 Å². The largest absolute Gasteiger partial charge is 0.496 e. The molecule has 0 aliphatic rings. The summed E-state index contributed by atoms with van der Waals surface area (Å²) in [7, 11) is 1.73. The molecule has 0 spiro atoms. The average Bonchev–Trinajstić information content (AvgIpc) is 2.34. The van der Waals surface area contributed by atoms with Crippen molar-refractivity contribution < 1.29 is 4.74 Å². The monoisotopic (exact) mass is 267 g/mol. The lowest BCUT2D eigenvalue weighted by atomic mass is 9.92. The van der Waals surface area contributed by atoms with Crippen LogP contribution in [0.5, 0.6) is 5.75 Å². The number of rotatable bonds is 6. The molecule has 102 valence electrons. The van der Waals surface area contributed by atoms with Gasteiger partial charge >= 0.3 is 0 Å². The third kappa shape index (κ3) is 3.66. The van der Waals surface area contributed by atoms with Gasteiger partial charge in [-0.2, -0.15) is 11.8 Å². The summed E-state index contributed by atoms with van der Waals surface area (Å²) in [6.07, 6.45) is 3.14. The molecule has 2 N–H and O–H groups in total. The molecule has 3 heteroatoms. The highest BCUT2D eigenvalue weighted by atomic mass is 32.2. The summed E-state index contributed by atoms with van der Waals surface area (Å²) in [5, 5.41) is 0. The zero-order chi connectivity index (χ0) is 13.7. The minimum Gasteiger partial charge on any atom is -0.496 e. The number of hydrogen-bond donors (Lipinski definition) is 1. The average molecular weight is 267 g/mol. The summed E-state index contributed by atoms with van der Waals surface area (Å²) < 4.78 is 5.46. The number of nitrogens with two attached hydrogens (primary N) is 1. The van der Waals surface area contributed by atoms with Crippen molar-refractivity contribution in [2.45, 2.75) is 39.2 Å². The number of aryl methyl sites for hydroxylation is 1. The van der Waals surface area contributed by atoms with E-state index in [0.717, 1.165) is 17.9 Å². The molecule has 0 aliphatic heterocycles. The van der Waals surface area contributed by atoms with Gasteiger partial charge in [0, 0.05) is 6.04 Å². The molecule has 0 aromatic heterocycles. The summed E-state index contributed by atoms with van der Waals surface area (Å²) in [5.41, 5.74) is 10.0. The zero-order valence-electron chi connectivity index (χ0n) is 12.1. The topological polar surface area (TPSA) is 35.2 Å². The second kappa shape index (κ2) is 7.05. The molecule has 0 radical (unpaired) electrons. The van der Waals surface area contributed by atoms with Crippen LogP contribution in [0.4, 0.5) is 0 Å². The number of ether oxygens (including phenoxy) is 1. The second-order valence-corrected chi connectivity index (χ2v) is 5.98. The molecule has 0 bridgehead atoms. The van der Waals surface area contributed by atoms with Gasteiger partial charge < -0.3 is 10.5 Å². The van der Waals surface area contributed by atoms with Crippen LogP contribution in [0.2, 0.25) is 0 Å². The Labute approximate surface area is 115 Å². The van der Waals surface area contributed by atoms with E-state index in [0.29, 0.717) is 5.92 Å². The van der Waals surface area contributed by atoms with Crippen LogP contribution >= 0.6 is 11.8 Å². The molecule has 1 aromatic rings. The van der Waals surface area contributed by atoms with Gasteiger partial charge in [-0.05, 0) is 54.0 Å². The Hall–Kier alpha value is -0.670. The Morgan fingerprint density at radius 2 is 1.94 bits per heavy atom. The van der Waals surface area contributed by atoms with Gasteiger partial charge in [-0.25, -0.2) is 0 Å². The molecular weight excluding hydrogens is 242 g/mol. The van der Waals surface area contributed by atoms with Crippen molar-refractivity contribution in [3.8, 4) is 5.75 Å². The zero-order valence-corrected chi connectivity index (χ0v) is 12.9. The third-order valence-corrected chi connectivity index (χ3v) is 3.92. The van der Waals surface area contributed by atoms with E-state index in [4.69, 9.17) is 10.5 Å². The van der Waals surface area contributed by atoms with Crippen molar-refractivity contribution >= 4 is 11.8 Å². The summed E-state index contributed by atoms with van der Waals surface area (Å²) >= 11 is 1.84.